The van der Waals surface area contributed by atoms with E-state index in [-0.39, 0.29) is 5.91 Å². The lowest BCUT2D eigenvalue weighted by atomic mass is 10.0. The number of ether oxygens (including phenoxy) is 4. The van der Waals surface area contributed by atoms with Crippen LogP contribution in [0.4, 0.5) is 5.69 Å². The molecule has 0 saturated carbocycles. The first-order valence-corrected chi connectivity index (χ1v) is 10.8. The molecule has 0 aliphatic carbocycles. The number of hydrogen-bond donors (Lipinski definition) is 2. The fraction of sp³-hybridized carbons (Fsp3) is 0.375. The zero-order valence-corrected chi connectivity index (χ0v) is 20.3. The second-order valence-corrected chi connectivity index (χ2v) is 8.05. The van der Waals surface area contributed by atoms with Crippen LogP contribution in [0.25, 0.3) is 16.9 Å². The monoisotopic (exact) mass is 469 g/mol. The summed E-state index contributed by atoms with van der Waals surface area (Å²) < 4.78 is 23.4. The van der Waals surface area contributed by atoms with Gasteiger partial charge in [0.05, 0.1) is 57.7 Å². The van der Waals surface area contributed by atoms with E-state index in [4.69, 9.17) is 24.7 Å². The Morgan fingerprint density at radius 1 is 1.00 bits per heavy atom. The quantitative estimate of drug-likeness (QED) is 0.464. The van der Waals surface area contributed by atoms with Crippen molar-refractivity contribution in [2.24, 2.45) is 11.7 Å². The van der Waals surface area contributed by atoms with E-state index in [1.807, 2.05) is 19.9 Å². The molecule has 1 unspecified atom stereocenters. The molecule has 10 nitrogen and oxygen atoms in total. The molecule has 3 aromatic rings. The van der Waals surface area contributed by atoms with Crippen LogP contribution in [-0.2, 0) is 4.79 Å². The van der Waals surface area contributed by atoms with Gasteiger partial charge >= 0.3 is 0 Å². The first kappa shape index (κ1) is 24.8. The number of nitrogens with zero attached hydrogens (tertiary/aromatic N) is 3. The number of carbonyl (C=O) groups is 1. The fourth-order valence-corrected chi connectivity index (χ4v) is 3.62. The fourth-order valence-electron chi connectivity index (χ4n) is 3.62. The molecule has 1 atom stereocenters. The molecular weight excluding hydrogens is 438 g/mol. The largest absolute Gasteiger partial charge is 0.495 e. The summed E-state index contributed by atoms with van der Waals surface area (Å²) in [5.41, 5.74) is 8.65. The average molecular weight is 470 g/mol. The maximum atomic E-state index is 12.6. The maximum Gasteiger partial charge on any atom is 0.241 e. The normalized spacial score (nSPS) is 11.8. The van der Waals surface area contributed by atoms with Crippen molar-refractivity contribution in [3.05, 3.63) is 36.5 Å². The van der Waals surface area contributed by atoms with Crippen LogP contribution in [0, 0.1) is 5.92 Å². The summed E-state index contributed by atoms with van der Waals surface area (Å²) in [7, 11) is 6.18. The van der Waals surface area contributed by atoms with Gasteiger partial charge in [-0.1, -0.05) is 19.1 Å². The Labute approximate surface area is 198 Å². The molecule has 0 aliphatic rings. The number of rotatable bonds is 10. The van der Waals surface area contributed by atoms with Crippen molar-refractivity contribution in [3.8, 4) is 39.9 Å². The molecule has 0 aliphatic heterocycles. The van der Waals surface area contributed by atoms with E-state index in [1.165, 1.54) is 0 Å². The van der Waals surface area contributed by atoms with Gasteiger partial charge in [-0.2, -0.15) is 0 Å². The van der Waals surface area contributed by atoms with Crippen LogP contribution in [0.2, 0.25) is 0 Å². The van der Waals surface area contributed by atoms with Gasteiger partial charge in [-0.15, -0.1) is 5.10 Å². The summed E-state index contributed by atoms with van der Waals surface area (Å²) in [6.07, 6.45) is 2.20. The molecule has 1 aromatic heterocycles. The van der Waals surface area contributed by atoms with Gasteiger partial charge < -0.3 is 30.0 Å². The number of nitrogens with two attached hydrogens (primary N) is 1. The van der Waals surface area contributed by atoms with Crippen LogP contribution >= 0.6 is 0 Å². The first-order valence-electron chi connectivity index (χ1n) is 10.8. The standard InChI is InChI=1S/C24H31N5O5/c1-14(2)9-17(25)24(30)27-18-10-15(7-8-20(18)31-3)19-13-26-28-29(19)16-11-21(32-4)23(34-6)22(12-16)33-5/h7-8,10-14,17H,9,25H2,1-6H3,(H,27,30). The number of anilines is 1. The van der Waals surface area contributed by atoms with Gasteiger partial charge in [0.15, 0.2) is 11.5 Å². The van der Waals surface area contributed by atoms with E-state index in [0.29, 0.717) is 52.4 Å². The molecule has 182 valence electrons. The topological polar surface area (TPSA) is 123 Å². The molecule has 1 heterocycles. The second kappa shape index (κ2) is 10.9. The van der Waals surface area contributed by atoms with Crippen molar-refractivity contribution in [3.63, 3.8) is 0 Å². The molecule has 0 bridgehead atoms. The summed E-state index contributed by atoms with van der Waals surface area (Å²) in [4.78, 5) is 12.6. The third kappa shape index (κ3) is 5.23. The van der Waals surface area contributed by atoms with Gasteiger partial charge in [-0.3, -0.25) is 4.79 Å². The molecule has 1 amide bonds. The van der Waals surface area contributed by atoms with E-state index in [1.54, 1.807) is 63.6 Å². The third-order valence-electron chi connectivity index (χ3n) is 5.26. The maximum absolute atomic E-state index is 12.6. The highest BCUT2D eigenvalue weighted by atomic mass is 16.5. The molecular formula is C24H31N5O5. The van der Waals surface area contributed by atoms with Gasteiger partial charge in [0.25, 0.3) is 0 Å². The Morgan fingerprint density at radius 2 is 1.65 bits per heavy atom. The third-order valence-corrected chi connectivity index (χ3v) is 5.26. The molecule has 0 saturated heterocycles. The Morgan fingerprint density at radius 3 is 2.21 bits per heavy atom. The number of amides is 1. The highest BCUT2D eigenvalue weighted by Gasteiger charge is 2.20. The number of aromatic nitrogens is 3. The minimum absolute atomic E-state index is 0.277. The van der Waals surface area contributed by atoms with Gasteiger partial charge in [0.2, 0.25) is 11.7 Å². The van der Waals surface area contributed by atoms with Crippen LogP contribution in [0.3, 0.4) is 0 Å². The van der Waals surface area contributed by atoms with Gasteiger partial charge in [0, 0.05) is 17.7 Å². The highest BCUT2D eigenvalue weighted by molar-refractivity contribution is 5.96. The molecule has 0 radical (unpaired) electrons. The number of benzene rings is 2. The molecule has 3 rings (SSSR count). The van der Waals surface area contributed by atoms with Crippen LogP contribution in [0.1, 0.15) is 20.3 Å². The van der Waals surface area contributed by atoms with Crippen molar-refractivity contribution >= 4 is 11.6 Å². The number of methoxy groups -OCH3 is 4. The Hall–Kier alpha value is -3.79. The zero-order chi connectivity index (χ0) is 24.8. The van der Waals surface area contributed by atoms with E-state index >= 15 is 0 Å². The van der Waals surface area contributed by atoms with Gasteiger partial charge in [-0.05, 0) is 30.5 Å². The van der Waals surface area contributed by atoms with Gasteiger partial charge in [-0.25, -0.2) is 4.68 Å². The van der Waals surface area contributed by atoms with E-state index in [2.05, 4.69) is 15.6 Å². The summed E-state index contributed by atoms with van der Waals surface area (Å²) in [5.74, 6) is 1.98. The molecule has 3 N–H and O–H groups in total. The van der Waals surface area contributed by atoms with E-state index < -0.39 is 6.04 Å². The van der Waals surface area contributed by atoms with Crippen molar-refractivity contribution in [2.75, 3.05) is 33.8 Å². The second-order valence-electron chi connectivity index (χ2n) is 8.05. The lowest BCUT2D eigenvalue weighted by Crippen LogP contribution is -2.36. The Balaban J connectivity index is 2.02. The van der Waals surface area contributed by atoms with Gasteiger partial charge in [0.1, 0.15) is 5.75 Å². The predicted octanol–water partition coefficient (Wildman–Crippen LogP) is 3.28. The minimum Gasteiger partial charge on any atom is -0.495 e. The summed E-state index contributed by atoms with van der Waals surface area (Å²) in [6, 6.07) is 8.35. The smallest absolute Gasteiger partial charge is 0.241 e. The van der Waals surface area contributed by atoms with Crippen LogP contribution in [-0.4, -0.2) is 55.4 Å². The predicted molar refractivity (Wildman–Crippen MR) is 129 cm³/mol. The molecule has 2 aromatic carbocycles. The SMILES string of the molecule is COc1ccc(-c2cnnn2-c2cc(OC)c(OC)c(OC)c2)cc1NC(=O)C(N)CC(C)C. The number of carbonyl (C=O) groups excluding carboxylic acids is 1. The first-order chi connectivity index (χ1) is 16.3. The van der Waals surface area contributed by atoms with Crippen molar-refractivity contribution in [1.29, 1.82) is 0 Å². The van der Waals surface area contributed by atoms with Crippen LogP contribution in [0.15, 0.2) is 36.5 Å². The van der Waals surface area contributed by atoms with Crippen LogP contribution in [0.5, 0.6) is 23.0 Å². The van der Waals surface area contributed by atoms with E-state index in [0.717, 1.165) is 5.56 Å². The number of hydrogen-bond acceptors (Lipinski definition) is 8. The number of nitrogens with one attached hydrogen (secondary N) is 1. The molecule has 0 fully saturated rings. The Kier molecular flexibility index (Phi) is 7.95. The Bertz CT molecular complexity index is 1120. The lowest BCUT2D eigenvalue weighted by molar-refractivity contribution is -0.117. The summed E-state index contributed by atoms with van der Waals surface area (Å²) in [6.45, 7) is 4.04. The van der Waals surface area contributed by atoms with Crippen molar-refractivity contribution < 1.29 is 23.7 Å². The lowest BCUT2D eigenvalue weighted by Gasteiger charge is -2.17. The van der Waals surface area contributed by atoms with Crippen molar-refractivity contribution in [1.82, 2.24) is 15.0 Å². The zero-order valence-electron chi connectivity index (χ0n) is 20.3. The van der Waals surface area contributed by atoms with Crippen molar-refractivity contribution in [2.45, 2.75) is 26.3 Å². The highest BCUT2D eigenvalue weighted by Crippen LogP contribution is 2.40. The molecule has 34 heavy (non-hydrogen) atoms. The molecule has 10 heteroatoms. The summed E-state index contributed by atoms with van der Waals surface area (Å²) in [5, 5.41) is 11.2. The summed E-state index contributed by atoms with van der Waals surface area (Å²) >= 11 is 0. The molecule has 0 spiro atoms. The van der Waals surface area contributed by atoms with Crippen LogP contribution < -0.4 is 30.0 Å². The minimum atomic E-state index is -0.625. The average Bonchev–Trinajstić information content (AvgIpc) is 3.32. The van der Waals surface area contributed by atoms with E-state index in [9.17, 15) is 4.79 Å².